The average Bonchev–Trinajstić information content (AvgIpc) is 2.16. The lowest BCUT2D eigenvalue weighted by Gasteiger charge is -2.22. The summed E-state index contributed by atoms with van der Waals surface area (Å²) in [4.78, 5) is 0. The highest BCUT2D eigenvalue weighted by atomic mass is 16.3. The highest BCUT2D eigenvalue weighted by Crippen LogP contribution is 2.24. The van der Waals surface area contributed by atoms with Gasteiger partial charge in [0.05, 0.1) is 5.60 Å². The Morgan fingerprint density at radius 2 is 2.12 bits per heavy atom. The van der Waals surface area contributed by atoms with E-state index in [0.717, 1.165) is 18.8 Å². The van der Waals surface area contributed by atoms with Crippen molar-refractivity contribution >= 4 is 0 Å². The van der Waals surface area contributed by atoms with Gasteiger partial charge in [-0.05, 0) is 43.6 Å². The Hall–Kier alpha value is -0.560. The standard InChI is InChI=1S/C15H26O/c1-12(2)14-8-7-13(3)6-5-10-15(4,16)11-9-14/h8-9,11-13,16H,5-7,10H2,1-4H3/b11-9-,14-8+. The van der Waals surface area contributed by atoms with Crippen LogP contribution in [0.3, 0.4) is 0 Å². The van der Waals surface area contributed by atoms with Crippen molar-refractivity contribution in [3.05, 3.63) is 23.8 Å². The first-order valence-electron chi connectivity index (χ1n) is 6.52. The molecule has 0 radical (unpaired) electrons. The van der Waals surface area contributed by atoms with Crippen molar-refractivity contribution in [3.63, 3.8) is 0 Å². The summed E-state index contributed by atoms with van der Waals surface area (Å²) in [6.45, 7) is 8.63. The number of allylic oxidation sites excluding steroid dienone is 3. The van der Waals surface area contributed by atoms with Gasteiger partial charge in [0.25, 0.3) is 0 Å². The molecular formula is C15H26O. The molecule has 1 aliphatic rings. The first-order chi connectivity index (χ1) is 7.41. The number of rotatable bonds is 1. The molecule has 0 saturated carbocycles. The largest absolute Gasteiger partial charge is 0.386 e. The zero-order valence-electron chi connectivity index (χ0n) is 11.2. The number of hydrogen-bond donors (Lipinski definition) is 1. The lowest BCUT2D eigenvalue weighted by molar-refractivity contribution is 0.0970. The molecule has 2 atom stereocenters. The van der Waals surface area contributed by atoms with Gasteiger partial charge in [0.1, 0.15) is 0 Å². The average molecular weight is 222 g/mol. The van der Waals surface area contributed by atoms with Crippen LogP contribution in [0.1, 0.15) is 53.4 Å². The minimum absolute atomic E-state index is 0.540. The fourth-order valence-corrected chi connectivity index (χ4v) is 2.12. The number of aliphatic hydroxyl groups is 1. The molecule has 0 spiro atoms. The molecule has 0 aromatic rings. The van der Waals surface area contributed by atoms with Gasteiger partial charge in [0.15, 0.2) is 0 Å². The van der Waals surface area contributed by atoms with Gasteiger partial charge in [-0.2, -0.15) is 0 Å². The van der Waals surface area contributed by atoms with Crippen molar-refractivity contribution in [2.24, 2.45) is 11.8 Å². The summed E-state index contributed by atoms with van der Waals surface area (Å²) in [6, 6.07) is 0. The third-order valence-corrected chi connectivity index (χ3v) is 3.44. The van der Waals surface area contributed by atoms with Crippen LogP contribution in [0.4, 0.5) is 0 Å². The molecule has 1 rings (SSSR count). The summed E-state index contributed by atoms with van der Waals surface area (Å²) >= 11 is 0. The SMILES string of the molecule is CC1C/C=C(C(C)C)\C=C/C(C)(O)CCC1. The fraction of sp³-hybridized carbons (Fsp3) is 0.733. The molecule has 0 aromatic carbocycles. The van der Waals surface area contributed by atoms with E-state index in [2.05, 4.69) is 32.9 Å². The van der Waals surface area contributed by atoms with Crippen molar-refractivity contribution in [2.45, 2.75) is 59.0 Å². The molecule has 1 aliphatic carbocycles. The van der Waals surface area contributed by atoms with E-state index in [-0.39, 0.29) is 0 Å². The van der Waals surface area contributed by atoms with Crippen LogP contribution in [0.25, 0.3) is 0 Å². The maximum Gasteiger partial charge on any atom is 0.0802 e. The maximum absolute atomic E-state index is 10.2. The Labute approximate surface area is 100 Å². The Morgan fingerprint density at radius 3 is 2.75 bits per heavy atom. The minimum atomic E-state index is -0.634. The van der Waals surface area contributed by atoms with Crippen molar-refractivity contribution in [3.8, 4) is 0 Å². The first kappa shape index (κ1) is 13.5. The lowest BCUT2D eigenvalue weighted by atomic mass is 9.89. The molecule has 0 fully saturated rings. The summed E-state index contributed by atoms with van der Waals surface area (Å²) in [7, 11) is 0. The van der Waals surface area contributed by atoms with E-state index in [1.807, 2.05) is 13.0 Å². The Balaban J connectivity index is 2.85. The second kappa shape index (κ2) is 5.67. The maximum atomic E-state index is 10.2. The van der Waals surface area contributed by atoms with Crippen molar-refractivity contribution in [1.82, 2.24) is 0 Å². The van der Waals surface area contributed by atoms with E-state index in [0.29, 0.717) is 5.92 Å². The summed E-state index contributed by atoms with van der Waals surface area (Å²) in [6.07, 6.45) is 10.8. The molecule has 92 valence electrons. The van der Waals surface area contributed by atoms with Crippen molar-refractivity contribution in [1.29, 1.82) is 0 Å². The fourth-order valence-electron chi connectivity index (χ4n) is 2.12. The van der Waals surface area contributed by atoms with Gasteiger partial charge in [0.2, 0.25) is 0 Å². The molecular weight excluding hydrogens is 196 g/mol. The zero-order chi connectivity index (χ0) is 12.2. The molecule has 1 heteroatoms. The molecule has 0 saturated heterocycles. The number of hydrogen-bond acceptors (Lipinski definition) is 1. The molecule has 1 N–H and O–H groups in total. The van der Waals surface area contributed by atoms with Crippen LogP contribution in [0.15, 0.2) is 23.8 Å². The predicted molar refractivity (Wildman–Crippen MR) is 70.3 cm³/mol. The van der Waals surface area contributed by atoms with E-state index in [1.54, 1.807) is 0 Å². The van der Waals surface area contributed by atoms with Gasteiger partial charge in [-0.25, -0.2) is 0 Å². The highest BCUT2D eigenvalue weighted by Gasteiger charge is 2.17. The van der Waals surface area contributed by atoms with Crippen molar-refractivity contribution < 1.29 is 5.11 Å². The van der Waals surface area contributed by atoms with E-state index >= 15 is 0 Å². The molecule has 0 aliphatic heterocycles. The van der Waals surface area contributed by atoms with Crippen molar-refractivity contribution in [2.75, 3.05) is 0 Å². The molecule has 1 nitrogen and oxygen atoms in total. The smallest absolute Gasteiger partial charge is 0.0802 e. The van der Waals surface area contributed by atoms with Gasteiger partial charge in [-0.15, -0.1) is 0 Å². The molecule has 0 heterocycles. The van der Waals surface area contributed by atoms with Gasteiger partial charge >= 0.3 is 0 Å². The molecule has 0 amide bonds. The second-order valence-electron chi connectivity index (χ2n) is 5.78. The third kappa shape index (κ3) is 4.52. The zero-order valence-corrected chi connectivity index (χ0v) is 11.2. The van der Waals surface area contributed by atoms with Crippen LogP contribution in [0, 0.1) is 11.8 Å². The Kier molecular flexibility index (Phi) is 4.79. The van der Waals surface area contributed by atoms with Gasteiger partial charge < -0.3 is 5.11 Å². The summed E-state index contributed by atoms with van der Waals surface area (Å²) in [5, 5.41) is 10.2. The van der Waals surface area contributed by atoms with Crippen LogP contribution in [0.2, 0.25) is 0 Å². The summed E-state index contributed by atoms with van der Waals surface area (Å²) in [5.41, 5.74) is 0.722. The van der Waals surface area contributed by atoms with Crippen LogP contribution in [0.5, 0.6) is 0 Å². The van der Waals surface area contributed by atoms with Crippen LogP contribution >= 0.6 is 0 Å². The van der Waals surface area contributed by atoms with Crippen LogP contribution < -0.4 is 0 Å². The van der Waals surface area contributed by atoms with Gasteiger partial charge in [-0.3, -0.25) is 0 Å². The molecule has 16 heavy (non-hydrogen) atoms. The molecule has 0 bridgehead atoms. The normalized spacial score (nSPS) is 37.9. The molecule has 0 aromatic heterocycles. The van der Waals surface area contributed by atoms with Gasteiger partial charge in [0, 0.05) is 0 Å². The highest BCUT2D eigenvalue weighted by molar-refractivity contribution is 5.23. The van der Waals surface area contributed by atoms with Crippen LogP contribution in [-0.4, -0.2) is 10.7 Å². The first-order valence-corrected chi connectivity index (χ1v) is 6.52. The predicted octanol–water partition coefficient (Wildman–Crippen LogP) is 4.09. The topological polar surface area (TPSA) is 20.2 Å². The Morgan fingerprint density at radius 1 is 1.44 bits per heavy atom. The summed E-state index contributed by atoms with van der Waals surface area (Å²) < 4.78 is 0. The quantitative estimate of drug-likeness (QED) is 0.708. The second-order valence-corrected chi connectivity index (χ2v) is 5.78. The van der Waals surface area contributed by atoms with E-state index < -0.39 is 5.60 Å². The van der Waals surface area contributed by atoms with Gasteiger partial charge in [-0.1, -0.05) is 45.4 Å². The minimum Gasteiger partial charge on any atom is -0.386 e. The summed E-state index contributed by atoms with van der Waals surface area (Å²) in [5.74, 6) is 1.27. The van der Waals surface area contributed by atoms with E-state index in [4.69, 9.17) is 0 Å². The van der Waals surface area contributed by atoms with Crippen LogP contribution in [-0.2, 0) is 0 Å². The lowest BCUT2D eigenvalue weighted by Crippen LogP contribution is -2.21. The third-order valence-electron chi connectivity index (χ3n) is 3.44. The molecule has 2 unspecified atom stereocenters. The van der Waals surface area contributed by atoms with E-state index in [1.165, 1.54) is 18.4 Å². The van der Waals surface area contributed by atoms with E-state index in [9.17, 15) is 5.11 Å². The monoisotopic (exact) mass is 222 g/mol. The Bertz CT molecular complexity index is 271.